The number of nitrogens with one attached hydrogen (secondary N) is 2. The number of anilines is 1. The van der Waals surface area contributed by atoms with E-state index in [1.54, 1.807) is 0 Å². The summed E-state index contributed by atoms with van der Waals surface area (Å²) in [5, 5.41) is 16.5. The van der Waals surface area contributed by atoms with Gasteiger partial charge in [0.05, 0.1) is 12.0 Å². The number of hydrogen-bond acceptors (Lipinski definition) is 7. The third kappa shape index (κ3) is 2.69. The number of rotatable bonds is 4. The summed E-state index contributed by atoms with van der Waals surface area (Å²) in [6, 6.07) is -0.535. The van der Waals surface area contributed by atoms with Gasteiger partial charge in [-0.3, -0.25) is 14.9 Å². The van der Waals surface area contributed by atoms with E-state index in [1.165, 1.54) is 7.11 Å². The van der Waals surface area contributed by atoms with Crippen molar-refractivity contribution in [3.63, 3.8) is 0 Å². The van der Waals surface area contributed by atoms with Gasteiger partial charge in [0.2, 0.25) is 11.7 Å². The summed E-state index contributed by atoms with van der Waals surface area (Å²) in [6.07, 6.45) is 2.55. The molecule has 9 heteroatoms. The third-order valence-corrected chi connectivity index (χ3v) is 2.76. The van der Waals surface area contributed by atoms with E-state index in [-0.39, 0.29) is 23.3 Å². The minimum Gasteiger partial charge on any atom is -0.476 e. The molecule has 2 N–H and O–H groups in total. The predicted molar refractivity (Wildman–Crippen MR) is 64.9 cm³/mol. The van der Waals surface area contributed by atoms with Crippen LogP contribution in [0.5, 0.6) is 5.88 Å². The number of carbonyl (C=O) groups is 1. The molecule has 0 saturated carbocycles. The Morgan fingerprint density at radius 2 is 2.37 bits per heavy atom. The Hall–Kier alpha value is -2.45. The Labute approximate surface area is 108 Å². The molecule has 0 spiro atoms. The van der Waals surface area contributed by atoms with Gasteiger partial charge in [0.1, 0.15) is 12.4 Å². The maximum Gasteiger partial charge on any atom is 0.372 e. The lowest BCUT2D eigenvalue weighted by Gasteiger charge is -2.22. The monoisotopic (exact) mass is 267 g/mol. The van der Waals surface area contributed by atoms with Gasteiger partial charge in [-0.2, -0.15) is 4.98 Å². The van der Waals surface area contributed by atoms with Gasteiger partial charge in [0, 0.05) is 6.54 Å². The lowest BCUT2D eigenvalue weighted by atomic mass is 10.1. The molecule has 2 rings (SSSR count). The highest BCUT2D eigenvalue weighted by molar-refractivity contribution is 5.85. The lowest BCUT2D eigenvalue weighted by Crippen LogP contribution is -2.44. The van der Waals surface area contributed by atoms with Crippen LogP contribution in [0.15, 0.2) is 6.33 Å². The fourth-order valence-electron chi connectivity index (χ4n) is 1.86. The van der Waals surface area contributed by atoms with Gasteiger partial charge in [-0.1, -0.05) is 0 Å². The molecule has 0 aromatic carbocycles. The van der Waals surface area contributed by atoms with E-state index in [2.05, 4.69) is 20.6 Å². The second-order valence-electron chi connectivity index (χ2n) is 3.97. The molecule has 1 aromatic heterocycles. The summed E-state index contributed by atoms with van der Waals surface area (Å²) < 4.78 is 4.83. The summed E-state index contributed by atoms with van der Waals surface area (Å²) in [5.41, 5.74) is -0.372. The second-order valence-corrected chi connectivity index (χ2v) is 3.97. The quantitative estimate of drug-likeness (QED) is 0.585. The number of nitrogens with zero attached hydrogens (tertiary/aromatic N) is 3. The summed E-state index contributed by atoms with van der Waals surface area (Å²) >= 11 is 0. The largest absolute Gasteiger partial charge is 0.476 e. The Morgan fingerprint density at radius 3 is 3.00 bits per heavy atom. The van der Waals surface area contributed by atoms with E-state index in [4.69, 9.17) is 4.74 Å². The Kier molecular flexibility index (Phi) is 3.74. The first-order chi connectivity index (χ1) is 9.13. The average Bonchev–Trinajstić information content (AvgIpc) is 2.40. The number of nitro groups is 1. The van der Waals surface area contributed by atoms with Crippen LogP contribution < -0.4 is 15.4 Å². The number of piperidine rings is 1. The Bertz CT molecular complexity index is 507. The molecule has 102 valence electrons. The molecule has 1 unspecified atom stereocenters. The highest BCUT2D eigenvalue weighted by atomic mass is 16.6. The van der Waals surface area contributed by atoms with Crippen LogP contribution in [-0.4, -0.2) is 40.5 Å². The molecule has 0 aliphatic carbocycles. The van der Waals surface area contributed by atoms with Crippen LogP contribution in [0, 0.1) is 10.1 Å². The van der Waals surface area contributed by atoms with E-state index >= 15 is 0 Å². The van der Waals surface area contributed by atoms with Crippen molar-refractivity contribution in [1.82, 2.24) is 15.3 Å². The molecule has 1 aliphatic heterocycles. The number of aromatic nitrogens is 2. The fourth-order valence-corrected chi connectivity index (χ4v) is 1.86. The third-order valence-electron chi connectivity index (χ3n) is 2.76. The number of methoxy groups -OCH3 is 1. The van der Waals surface area contributed by atoms with Crippen molar-refractivity contribution in [2.24, 2.45) is 0 Å². The van der Waals surface area contributed by atoms with Crippen LogP contribution in [0.4, 0.5) is 11.5 Å². The standard InChI is InChI=1S/C10H13N5O4/c1-19-10-7(15(17)18)8(12-5-13-10)14-6-3-2-4-11-9(6)16/h5-6H,2-4H2,1H3,(H,11,16)(H,12,13,14). The van der Waals surface area contributed by atoms with Crippen molar-refractivity contribution in [3.05, 3.63) is 16.4 Å². The number of amides is 1. The Morgan fingerprint density at radius 1 is 1.58 bits per heavy atom. The smallest absolute Gasteiger partial charge is 0.372 e. The fraction of sp³-hybridized carbons (Fsp3) is 0.500. The van der Waals surface area contributed by atoms with E-state index in [0.29, 0.717) is 13.0 Å². The molecule has 19 heavy (non-hydrogen) atoms. The summed E-state index contributed by atoms with van der Waals surface area (Å²) in [6.45, 7) is 0.617. The molecule has 0 bridgehead atoms. The molecule has 1 atom stereocenters. The SMILES string of the molecule is COc1ncnc(NC2CCCNC2=O)c1[N+](=O)[O-]. The maximum atomic E-state index is 11.6. The molecule has 9 nitrogen and oxygen atoms in total. The van der Waals surface area contributed by atoms with Crippen molar-refractivity contribution < 1.29 is 14.5 Å². The number of ether oxygens (including phenoxy) is 1. The highest BCUT2D eigenvalue weighted by Crippen LogP contribution is 2.31. The minimum absolute atomic E-state index is 0.0149. The zero-order valence-corrected chi connectivity index (χ0v) is 10.3. The Balaban J connectivity index is 2.28. The van der Waals surface area contributed by atoms with Gasteiger partial charge in [-0.15, -0.1) is 0 Å². The molecule has 0 radical (unpaired) electrons. The zero-order chi connectivity index (χ0) is 13.8. The minimum atomic E-state index is -0.637. The molecule has 1 aliphatic rings. The average molecular weight is 267 g/mol. The van der Waals surface area contributed by atoms with E-state index < -0.39 is 11.0 Å². The van der Waals surface area contributed by atoms with Crippen LogP contribution in [0.25, 0.3) is 0 Å². The number of carbonyl (C=O) groups excluding carboxylic acids is 1. The molecule has 1 amide bonds. The second kappa shape index (κ2) is 5.46. The topological polar surface area (TPSA) is 119 Å². The van der Waals surface area contributed by atoms with Crippen LogP contribution in [-0.2, 0) is 4.79 Å². The van der Waals surface area contributed by atoms with Crippen molar-refractivity contribution in [1.29, 1.82) is 0 Å². The first-order valence-corrected chi connectivity index (χ1v) is 5.71. The van der Waals surface area contributed by atoms with E-state index in [1.807, 2.05) is 0 Å². The van der Waals surface area contributed by atoms with Gasteiger partial charge < -0.3 is 15.4 Å². The molecule has 1 aromatic rings. The molecule has 1 saturated heterocycles. The number of hydrogen-bond donors (Lipinski definition) is 2. The van der Waals surface area contributed by atoms with Crippen molar-refractivity contribution in [2.45, 2.75) is 18.9 Å². The van der Waals surface area contributed by atoms with Gasteiger partial charge in [-0.05, 0) is 12.8 Å². The van der Waals surface area contributed by atoms with Gasteiger partial charge >= 0.3 is 5.69 Å². The van der Waals surface area contributed by atoms with Crippen LogP contribution in [0.3, 0.4) is 0 Å². The maximum absolute atomic E-state index is 11.6. The molecule has 1 fully saturated rings. The van der Waals surface area contributed by atoms with Crippen molar-refractivity contribution in [3.8, 4) is 5.88 Å². The van der Waals surface area contributed by atoms with Gasteiger partial charge in [0.25, 0.3) is 5.88 Å². The lowest BCUT2D eigenvalue weighted by molar-refractivity contribution is -0.385. The van der Waals surface area contributed by atoms with E-state index in [0.717, 1.165) is 12.7 Å². The van der Waals surface area contributed by atoms with Crippen LogP contribution in [0.1, 0.15) is 12.8 Å². The van der Waals surface area contributed by atoms with Gasteiger partial charge in [0.15, 0.2) is 0 Å². The predicted octanol–water partition coefficient (Wildman–Crippen LogP) is 0.0839. The highest BCUT2D eigenvalue weighted by Gasteiger charge is 2.29. The summed E-state index contributed by atoms with van der Waals surface area (Å²) in [4.78, 5) is 29.5. The summed E-state index contributed by atoms with van der Waals surface area (Å²) in [7, 11) is 1.28. The van der Waals surface area contributed by atoms with Crippen LogP contribution >= 0.6 is 0 Å². The first kappa shape index (κ1) is 13.0. The molecular formula is C10H13N5O4. The van der Waals surface area contributed by atoms with Gasteiger partial charge in [-0.25, -0.2) is 4.98 Å². The normalized spacial score (nSPS) is 18.6. The van der Waals surface area contributed by atoms with Crippen LogP contribution in [0.2, 0.25) is 0 Å². The molecule has 2 heterocycles. The summed E-state index contributed by atoms with van der Waals surface area (Å²) in [5.74, 6) is -0.351. The van der Waals surface area contributed by atoms with Crippen molar-refractivity contribution in [2.75, 3.05) is 19.0 Å². The molecular weight excluding hydrogens is 254 g/mol. The van der Waals surface area contributed by atoms with Crippen molar-refractivity contribution >= 4 is 17.4 Å². The first-order valence-electron chi connectivity index (χ1n) is 5.71. The zero-order valence-electron chi connectivity index (χ0n) is 10.3. The van der Waals surface area contributed by atoms with E-state index in [9.17, 15) is 14.9 Å².